The van der Waals surface area contributed by atoms with E-state index in [1.807, 2.05) is 0 Å². The van der Waals surface area contributed by atoms with E-state index in [1.54, 1.807) is 18.2 Å². The van der Waals surface area contributed by atoms with Gasteiger partial charge in [-0.3, -0.25) is 4.79 Å². The second-order valence-electron chi connectivity index (χ2n) is 4.01. The summed E-state index contributed by atoms with van der Waals surface area (Å²) in [4.78, 5) is 11.7. The maximum absolute atomic E-state index is 12.9. The Bertz CT molecular complexity index is 594. The van der Waals surface area contributed by atoms with Crippen LogP contribution in [-0.2, 0) is 11.2 Å². The fraction of sp³-hybridized carbons (Fsp3) is 0.0714. The lowest BCUT2D eigenvalue weighted by molar-refractivity contribution is -0.115. The Kier molecular flexibility index (Phi) is 3.75. The van der Waals surface area contributed by atoms with Crippen molar-refractivity contribution in [3.8, 4) is 5.75 Å². The molecule has 0 unspecified atom stereocenters. The molecule has 0 radical (unpaired) electrons. The molecule has 1 amide bonds. The number of amides is 1. The largest absolute Gasteiger partial charge is 0.508 e. The van der Waals surface area contributed by atoms with Crippen molar-refractivity contribution in [1.29, 1.82) is 0 Å². The van der Waals surface area contributed by atoms with Crippen molar-refractivity contribution in [2.75, 3.05) is 5.32 Å². The molecule has 3 nitrogen and oxygen atoms in total. The molecule has 0 heterocycles. The molecule has 0 bridgehead atoms. The number of carbonyl (C=O) groups excluding carboxylic acids is 1. The predicted octanol–water partition coefficient (Wildman–Crippen LogP) is 2.85. The van der Waals surface area contributed by atoms with E-state index >= 15 is 0 Å². The number of hydrogen-bond donors (Lipinski definition) is 2. The zero-order chi connectivity index (χ0) is 13.8. The Morgan fingerprint density at radius 3 is 2.37 bits per heavy atom. The van der Waals surface area contributed by atoms with Gasteiger partial charge in [0.15, 0.2) is 0 Å². The van der Waals surface area contributed by atoms with Crippen LogP contribution < -0.4 is 5.32 Å². The summed E-state index contributed by atoms with van der Waals surface area (Å²) in [6, 6.07) is 9.14. The number of phenolic OH excluding ortho intramolecular Hbond substituents is 1. The van der Waals surface area contributed by atoms with Gasteiger partial charge in [0.1, 0.15) is 17.4 Å². The number of aromatic hydroxyl groups is 1. The van der Waals surface area contributed by atoms with Crippen LogP contribution in [0.5, 0.6) is 5.75 Å². The Morgan fingerprint density at radius 2 is 1.74 bits per heavy atom. The van der Waals surface area contributed by atoms with Crippen LogP contribution in [0, 0.1) is 11.6 Å². The summed E-state index contributed by atoms with van der Waals surface area (Å²) in [5.74, 6) is -2.00. The van der Waals surface area contributed by atoms with Crippen molar-refractivity contribution in [3.05, 3.63) is 59.7 Å². The first kappa shape index (κ1) is 13.0. The van der Waals surface area contributed by atoms with Crippen LogP contribution in [0.4, 0.5) is 14.5 Å². The van der Waals surface area contributed by atoms with Crippen LogP contribution in [0.2, 0.25) is 0 Å². The molecule has 2 rings (SSSR count). The molecule has 0 saturated carbocycles. The molecule has 2 aromatic rings. The molecule has 19 heavy (non-hydrogen) atoms. The van der Waals surface area contributed by atoms with Gasteiger partial charge in [0.05, 0.1) is 6.42 Å². The van der Waals surface area contributed by atoms with Gasteiger partial charge in [-0.25, -0.2) is 8.78 Å². The van der Waals surface area contributed by atoms with E-state index in [9.17, 15) is 18.7 Å². The topological polar surface area (TPSA) is 49.3 Å². The first-order chi connectivity index (χ1) is 9.04. The van der Waals surface area contributed by atoms with Gasteiger partial charge in [0, 0.05) is 17.3 Å². The van der Waals surface area contributed by atoms with Crippen molar-refractivity contribution in [1.82, 2.24) is 0 Å². The van der Waals surface area contributed by atoms with Gasteiger partial charge in [0.25, 0.3) is 0 Å². The number of anilines is 1. The number of phenols is 1. The predicted molar refractivity (Wildman–Crippen MR) is 66.8 cm³/mol. The summed E-state index contributed by atoms with van der Waals surface area (Å²) >= 11 is 0. The summed E-state index contributed by atoms with van der Waals surface area (Å²) in [6.07, 6.45) is -0.0786. The third kappa shape index (κ3) is 3.51. The maximum atomic E-state index is 12.9. The maximum Gasteiger partial charge on any atom is 0.228 e. The third-order valence-corrected chi connectivity index (χ3v) is 2.49. The highest BCUT2D eigenvalue weighted by Gasteiger charge is 2.08. The number of nitrogens with one attached hydrogen (secondary N) is 1. The normalized spacial score (nSPS) is 10.2. The fourth-order valence-corrected chi connectivity index (χ4v) is 1.66. The third-order valence-electron chi connectivity index (χ3n) is 2.49. The molecule has 5 heteroatoms. The van der Waals surface area contributed by atoms with E-state index in [0.29, 0.717) is 5.56 Å². The van der Waals surface area contributed by atoms with Crippen molar-refractivity contribution in [2.24, 2.45) is 0 Å². The van der Waals surface area contributed by atoms with Gasteiger partial charge in [-0.05, 0) is 18.2 Å². The molecule has 98 valence electrons. The van der Waals surface area contributed by atoms with Crippen molar-refractivity contribution in [2.45, 2.75) is 6.42 Å². The first-order valence-electron chi connectivity index (χ1n) is 5.57. The molecule has 0 aliphatic rings. The van der Waals surface area contributed by atoms with Gasteiger partial charge in [-0.1, -0.05) is 18.2 Å². The summed E-state index contributed by atoms with van der Waals surface area (Å²) in [5, 5.41) is 11.9. The lowest BCUT2D eigenvalue weighted by Crippen LogP contribution is -2.14. The van der Waals surface area contributed by atoms with E-state index in [0.717, 1.165) is 18.2 Å². The second kappa shape index (κ2) is 5.48. The Morgan fingerprint density at radius 1 is 1.11 bits per heavy atom. The van der Waals surface area contributed by atoms with E-state index in [2.05, 4.69) is 5.32 Å². The highest BCUT2D eigenvalue weighted by molar-refractivity contribution is 5.92. The highest BCUT2D eigenvalue weighted by atomic mass is 19.1. The fourth-order valence-electron chi connectivity index (χ4n) is 1.66. The van der Waals surface area contributed by atoms with Crippen LogP contribution in [0.1, 0.15) is 5.56 Å². The van der Waals surface area contributed by atoms with Crippen LogP contribution in [0.3, 0.4) is 0 Å². The van der Waals surface area contributed by atoms with E-state index < -0.39 is 17.5 Å². The van der Waals surface area contributed by atoms with Crippen LogP contribution in [-0.4, -0.2) is 11.0 Å². The van der Waals surface area contributed by atoms with Crippen LogP contribution >= 0.6 is 0 Å². The number of rotatable bonds is 3. The van der Waals surface area contributed by atoms with E-state index in [1.165, 1.54) is 6.07 Å². The SMILES string of the molecule is O=C(Cc1ccccc1O)Nc1cc(F)cc(F)c1. The number of hydrogen-bond acceptors (Lipinski definition) is 2. The molecule has 2 N–H and O–H groups in total. The van der Waals surface area contributed by atoms with E-state index in [4.69, 9.17) is 0 Å². The van der Waals surface area contributed by atoms with Gasteiger partial charge in [-0.15, -0.1) is 0 Å². The molecule has 2 aromatic carbocycles. The molecule has 0 aliphatic heterocycles. The molecular formula is C14H11F2NO2. The molecule has 0 aromatic heterocycles. The number of carbonyl (C=O) groups is 1. The van der Waals surface area contributed by atoms with Crippen LogP contribution in [0.25, 0.3) is 0 Å². The van der Waals surface area contributed by atoms with Crippen LogP contribution in [0.15, 0.2) is 42.5 Å². The minimum Gasteiger partial charge on any atom is -0.508 e. The molecule has 0 atom stereocenters. The van der Waals surface area contributed by atoms with Crippen molar-refractivity contribution >= 4 is 11.6 Å². The summed E-state index contributed by atoms with van der Waals surface area (Å²) in [6.45, 7) is 0. The minimum atomic E-state index is -0.766. The highest BCUT2D eigenvalue weighted by Crippen LogP contribution is 2.17. The number of para-hydroxylation sites is 1. The Labute approximate surface area is 108 Å². The summed E-state index contributed by atoms with van der Waals surface area (Å²) < 4.78 is 25.9. The monoisotopic (exact) mass is 263 g/mol. The minimum absolute atomic E-state index is 0.00285. The second-order valence-corrected chi connectivity index (χ2v) is 4.01. The smallest absolute Gasteiger partial charge is 0.228 e. The zero-order valence-electron chi connectivity index (χ0n) is 9.86. The van der Waals surface area contributed by atoms with Gasteiger partial charge in [0.2, 0.25) is 5.91 Å². The standard InChI is InChI=1S/C14H11F2NO2/c15-10-6-11(16)8-12(7-10)17-14(19)5-9-3-1-2-4-13(9)18/h1-4,6-8,18H,5H2,(H,17,19). The van der Waals surface area contributed by atoms with Crippen molar-refractivity contribution in [3.63, 3.8) is 0 Å². The Hall–Kier alpha value is -2.43. The Balaban J connectivity index is 2.07. The average molecular weight is 263 g/mol. The van der Waals surface area contributed by atoms with Gasteiger partial charge in [-0.2, -0.15) is 0 Å². The lowest BCUT2D eigenvalue weighted by atomic mass is 10.1. The average Bonchev–Trinajstić information content (AvgIpc) is 2.30. The van der Waals surface area contributed by atoms with Gasteiger partial charge >= 0.3 is 0 Å². The summed E-state index contributed by atoms with van der Waals surface area (Å²) in [5.41, 5.74) is 0.481. The first-order valence-corrected chi connectivity index (χ1v) is 5.57. The quantitative estimate of drug-likeness (QED) is 0.894. The molecule has 0 fully saturated rings. The molecule has 0 saturated heterocycles. The van der Waals surface area contributed by atoms with Crippen molar-refractivity contribution < 1.29 is 18.7 Å². The molecule has 0 spiro atoms. The molecule has 0 aliphatic carbocycles. The van der Waals surface area contributed by atoms with Gasteiger partial charge < -0.3 is 10.4 Å². The molecular weight excluding hydrogens is 252 g/mol. The summed E-state index contributed by atoms with van der Waals surface area (Å²) in [7, 11) is 0. The zero-order valence-corrected chi connectivity index (χ0v) is 9.86. The van der Waals surface area contributed by atoms with E-state index in [-0.39, 0.29) is 17.9 Å². The number of benzene rings is 2. The lowest BCUT2D eigenvalue weighted by Gasteiger charge is -2.07. The number of halogens is 2.